The Kier molecular flexibility index (Phi) is 5.79. The predicted octanol–water partition coefficient (Wildman–Crippen LogP) is 5.70. The first-order valence-electron chi connectivity index (χ1n) is 11.4. The SMILES string of the molecule is CC(c1nc2ccc(OCCO)cc2[nH]1)C1CCC(c2ccnc3ccc(F)cc23)CC1. The molecular weight excluding hydrogens is 405 g/mol. The van der Waals surface area contributed by atoms with Gasteiger partial charge in [-0.1, -0.05) is 6.92 Å². The topological polar surface area (TPSA) is 71.0 Å². The van der Waals surface area contributed by atoms with Gasteiger partial charge in [-0.25, -0.2) is 9.37 Å². The molecule has 166 valence electrons. The third-order valence-electron chi connectivity index (χ3n) is 6.92. The molecule has 1 aliphatic rings. The standard InChI is InChI=1S/C26H28FN3O2/c1-16(26-29-24-9-7-20(32-13-12-31)15-25(24)30-26)17-2-4-18(5-3-17)21-10-11-28-23-8-6-19(27)14-22(21)23/h6-11,14-18,31H,2-5,12-13H2,1H3,(H,29,30). The molecule has 0 radical (unpaired) electrons. The number of imidazole rings is 1. The Bertz CT molecular complexity index is 1230. The first-order chi connectivity index (χ1) is 15.6. The van der Waals surface area contributed by atoms with Crippen molar-refractivity contribution < 1.29 is 14.2 Å². The summed E-state index contributed by atoms with van der Waals surface area (Å²) in [7, 11) is 0. The number of ether oxygens (including phenoxy) is 1. The van der Waals surface area contributed by atoms with Gasteiger partial charge >= 0.3 is 0 Å². The van der Waals surface area contributed by atoms with Crippen LogP contribution in [0.15, 0.2) is 48.7 Å². The summed E-state index contributed by atoms with van der Waals surface area (Å²) in [6, 6.07) is 12.7. The summed E-state index contributed by atoms with van der Waals surface area (Å²) in [5.74, 6) is 2.87. The number of halogens is 1. The summed E-state index contributed by atoms with van der Waals surface area (Å²) >= 11 is 0. The molecule has 0 saturated heterocycles. The Hall–Kier alpha value is -2.99. The van der Waals surface area contributed by atoms with Crippen LogP contribution in [0.5, 0.6) is 5.75 Å². The van der Waals surface area contributed by atoms with Gasteiger partial charge in [-0.2, -0.15) is 0 Å². The lowest BCUT2D eigenvalue weighted by molar-refractivity contribution is 0.201. The molecule has 4 aromatic rings. The Morgan fingerprint density at radius 2 is 1.91 bits per heavy atom. The molecule has 1 saturated carbocycles. The van der Waals surface area contributed by atoms with Crippen LogP contribution in [0.25, 0.3) is 21.9 Å². The van der Waals surface area contributed by atoms with E-state index >= 15 is 0 Å². The Labute approximate surface area is 186 Å². The number of nitrogens with zero attached hydrogens (tertiary/aromatic N) is 2. The highest BCUT2D eigenvalue weighted by Gasteiger charge is 2.29. The molecule has 5 rings (SSSR count). The zero-order chi connectivity index (χ0) is 22.1. The van der Waals surface area contributed by atoms with Crippen LogP contribution in [-0.2, 0) is 0 Å². The van der Waals surface area contributed by atoms with Crippen molar-refractivity contribution in [3.63, 3.8) is 0 Å². The van der Waals surface area contributed by atoms with E-state index in [2.05, 4.69) is 23.0 Å². The molecule has 0 bridgehead atoms. The summed E-state index contributed by atoms with van der Waals surface area (Å²) in [4.78, 5) is 12.7. The second-order valence-corrected chi connectivity index (χ2v) is 8.84. The summed E-state index contributed by atoms with van der Waals surface area (Å²) < 4.78 is 19.4. The van der Waals surface area contributed by atoms with E-state index in [1.54, 1.807) is 12.1 Å². The molecule has 1 unspecified atom stereocenters. The molecule has 5 nitrogen and oxygen atoms in total. The molecule has 0 amide bonds. The number of aliphatic hydroxyl groups is 1. The number of H-pyrrole nitrogens is 1. The highest BCUT2D eigenvalue weighted by molar-refractivity contribution is 5.82. The van der Waals surface area contributed by atoms with Crippen LogP contribution >= 0.6 is 0 Å². The third-order valence-corrected chi connectivity index (χ3v) is 6.92. The maximum absolute atomic E-state index is 13.9. The van der Waals surface area contributed by atoms with Crippen molar-refractivity contribution in [2.45, 2.75) is 44.4 Å². The molecule has 2 aromatic carbocycles. The van der Waals surface area contributed by atoms with E-state index in [0.717, 1.165) is 59.2 Å². The van der Waals surface area contributed by atoms with Gasteiger partial charge in [-0.3, -0.25) is 4.98 Å². The second kappa shape index (κ2) is 8.87. The van der Waals surface area contributed by atoms with Crippen molar-refractivity contribution in [2.75, 3.05) is 13.2 Å². The van der Waals surface area contributed by atoms with Crippen LogP contribution in [0.3, 0.4) is 0 Å². The number of aliphatic hydroxyl groups excluding tert-OH is 1. The van der Waals surface area contributed by atoms with E-state index in [-0.39, 0.29) is 19.0 Å². The van der Waals surface area contributed by atoms with Gasteiger partial charge in [-0.15, -0.1) is 0 Å². The average molecular weight is 434 g/mol. The summed E-state index contributed by atoms with van der Waals surface area (Å²) in [5, 5.41) is 9.90. The summed E-state index contributed by atoms with van der Waals surface area (Å²) in [6.07, 6.45) is 6.25. The minimum Gasteiger partial charge on any atom is -0.491 e. The monoisotopic (exact) mass is 433 g/mol. The summed E-state index contributed by atoms with van der Waals surface area (Å²) in [6.45, 7) is 2.53. The quantitative estimate of drug-likeness (QED) is 0.409. The predicted molar refractivity (Wildman–Crippen MR) is 123 cm³/mol. The Morgan fingerprint density at radius 3 is 2.72 bits per heavy atom. The van der Waals surface area contributed by atoms with Crippen LogP contribution in [0.2, 0.25) is 0 Å². The van der Waals surface area contributed by atoms with Crippen molar-refractivity contribution in [3.8, 4) is 5.75 Å². The van der Waals surface area contributed by atoms with Crippen LogP contribution in [0.4, 0.5) is 4.39 Å². The van der Waals surface area contributed by atoms with E-state index in [9.17, 15) is 4.39 Å². The minimum atomic E-state index is -0.205. The van der Waals surface area contributed by atoms with Crippen molar-refractivity contribution in [1.29, 1.82) is 0 Å². The second-order valence-electron chi connectivity index (χ2n) is 8.84. The van der Waals surface area contributed by atoms with Crippen LogP contribution in [0, 0.1) is 11.7 Å². The third kappa shape index (κ3) is 4.07. The van der Waals surface area contributed by atoms with E-state index in [4.69, 9.17) is 14.8 Å². The maximum atomic E-state index is 13.9. The van der Waals surface area contributed by atoms with Gasteiger partial charge < -0.3 is 14.8 Å². The number of rotatable bonds is 6. The number of aromatic nitrogens is 3. The Morgan fingerprint density at radius 1 is 1.09 bits per heavy atom. The van der Waals surface area contributed by atoms with Gasteiger partial charge in [0.1, 0.15) is 24.0 Å². The van der Waals surface area contributed by atoms with Crippen molar-refractivity contribution in [2.24, 2.45) is 5.92 Å². The van der Waals surface area contributed by atoms with Crippen molar-refractivity contribution in [1.82, 2.24) is 15.0 Å². The Balaban J connectivity index is 1.30. The molecule has 0 aliphatic heterocycles. The van der Waals surface area contributed by atoms with Crippen LogP contribution < -0.4 is 4.74 Å². The maximum Gasteiger partial charge on any atom is 0.123 e. The number of benzene rings is 2. The van der Waals surface area contributed by atoms with E-state index in [0.29, 0.717) is 17.8 Å². The molecule has 0 spiro atoms. The van der Waals surface area contributed by atoms with Crippen LogP contribution in [0.1, 0.15) is 55.8 Å². The molecule has 1 atom stereocenters. The van der Waals surface area contributed by atoms with E-state index < -0.39 is 0 Å². The number of hydrogen-bond acceptors (Lipinski definition) is 4. The van der Waals surface area contributed by atoms with Gasteiger partial charge in [0.25, 0.3) is 0 Å². The fourth-order valence-corrected chi connectivity index (χ4v) is 5.13. The number of pyridine rings is 1. The molecular formula is C26H28FN3O2. The van der Waals surface area contributed by atoms with Gasteiger partial charge in [0, 0.05) is 23.6 Å². The number of fused-ring (bicyclic) bond motifs is 2. The minimum absolute atomic E-state index is 0.00377. The average Bonchev–Trinajstić information content (AvgIpc) is 3.25. The van der Waals surface area contributed by atoms with E-state index in [1.807, 2.05) is 24.4 Å². The lowest BCUT2D eigenvalue weighted by atomic mass is 9.73. The summed E-state index contributed by atoms with van der Waals surface area (Å²) in [5.41, 5.74) is 3.98. The smallest absolute Gasteiger partial charge is 0.123 e. The lowest BCUT2D eigenvalue weighted by Gasteiger charge is -2.32. The molecule has 1 fully saturated rings. The zero-order valence-corrected chi connectivity index (χ0v) is 18.2. The van der Waals surface area contributed by atoms with Gasteiger partial charge in [0.15, 0.2) is 0 Å². The van der Waals surface area contributed by atoms with E-state index in [1.165, 1.54) is 11.6 Å². The molecule has 32 heavy (non-hydrogen) atoms. The molecule has 2 heterocycles. The molecule has 6 heteroatoms. The normalized spacial score (nSPS) is 20.0. The van der Waals surface area contributed by atoms with Crippen molar-refractivity contribution >= 4 is 21.9 Å². The number of aromatic amines is 1. The lowest BCUT2D eigenvalue weighted by Crippen LogP contribution is -2.19. The molecule has 1 aliphatic carbocycles. The number of nitrogens with one attached hydrogen (secondary N) is 1. The highest BCUT2D eigenvalue weighted by Crippen LogP contribution is 2.43. The molecule has 2 aromatic heterocycles. The van der Waals surface area contributed by atoms with Gasteiger partial charge in [-0.05, 0) is 79.5 Å². The fourth-order valence-electron chi connectivity index (χ4n) is 5.13. The molecule has 2 N–H and O–H groups in total. The van der Waals surface area contributed by atoms with Crippen LogP contribution in [-0.4, -0.2) is 33.3 Å². The van der Waals surface area contributed by atoms with Gasteiger partial charge in [0.05, 0.1) is 23.2 Å². The van der Waals surface area contributed by atoms with Crippen molar-refractivity contribution in [3.05, 3.63) is 65.9 Å². The highest BCUT2D eigenvalue weighted by atomic mass is 19.1. The fraction of sp³-hybridized carbons (Fsp3) is 0.385. The van der Waals surface area contributed by atoms with Gasteiger partial charge in [0.2, 0.25) is 0 Å². The first kappa shape index (κ1) is 20.9. The number of hydrogen-bond donors (Lipinski definition) is 2. The first-order valence-corrected chi connectivity index (χ1v) is 11.4. The zero-order valence-electron chi connectivity index (χ0n) is 18.2. The largest absolute Gasteiger partial charge is 0.491 e.